The summed E-state index contributed by atoms with van der Waals surface area (Å²) in [5.41, 5.74) is 2.60. The molecule has 0 bridgehead atoms. The maximum Gasteiger partial charge on any atom is 0.237 e. The van der Waals surface area contributed by atoms with Crippen LogP contribution in [0.5, 0.6) is 17.2 Å². The van der Waals surface area contributed by atoms with Gasteiger partial charge in [-0.3, -0.25) is 14.2 Å². The molecule has 12 nitrogen and oxygen atoms in total. The number of piperazine rings is 1. The summed E-state index contributed by atoms with van der Waals surface area (Å²) in [6, 6.07) is 14.7. The van der Waals surface area contributed by atoms with Crippen LogP contribution in [0.2, 0.25) is 0 Å². The third kappa shape index (κ3) is 6.53. The molecule has 4 heterocycles. The van der Waals surface area contributed by atoms with Gasteiger partial charge in [-0.25, -0.2) is 9.97 Å². The van der Waals surface area contributed by atoms with Crippen LogP contribution >= 0.6 is 0 Å². The van der Waals surface area contributed by atoms with Crippen molar-refractivity contribution in [3.05, 3.63) is 84.1 Å². The lowest BCUT2D eigenvalue weighted by Crippen LogP contribution is -2.56. The number of anilines is 1. The fourth-order valence-electron chi connectivity index (χ4n) is 5.30. The molecule has 222 valence electrons. The van der Waals surface area contributed by atoms with Gasteiger partial charge in [0.1, 0.15) is 17.9 Å². The number of imidazole rings is 1. The molecule has 2 aromatic carbocycles. The van der Waals surface area contributed by atoms with Gasteiger partial charge in [-0.05, 0) is 42.3 Å². The van der Waals surface area contributed by atoms with Crippen LogP contribution in [0.4, 0.5) is 5.82 Å². The first kappa shape index (κ1) is 28.0. The van der Waals surface area contributed by atoms with E-state index in [2.05, 4.69) is 20.2 Å². The molecule has 1 N–H and O–H groups in total. The Balaban J connectivity index is 1.19. The van der Waals surface area contributed by atoms with Crippen molar-refractivity contribution >= 4 is 17.6 Å². The molecule has 1 atom stereocenters. The van der Waals surface area contributed by atoms with Gasteiger partial charge in [0.25, 0.3) is 0 Å². The molecule has 1 fully saturated rings. The minimum Gasteiger partial charge on any atom is -0.497 e. The number of carbonyl (C=O) groups excluding carboxylic acids is 2. The summed E-state index contributed by atoms with van der Waals surface area (Å²) >= 11 is 0. The van der Waals surface area contributed by atoms with E-state index in [1.807, 2.05) is 60.4 Å². The fraction of sp³-hybridized carbons (Fsp3) is 0.323. The van der Waals surface area contributed by atoms with E-state index in [0.717, 1.165) is 22.6 Å². The molecule has 2 aliphatic rings. The number of ether oxygens (including phenoxy) is 3. The topological polar surface area (TPSA) is 124 Å². The molecule has 6 rings (SSSR count). The van der Waals surface area contributed by atoms with Gasteiger partial charge in [-0.1, -0.05) is 18.2 Å². The molecule has 4 aromatic rings. The molecule has 0 spiro atoms. The second-order valence-corrected chi connectivity index (χ2v) is 10.5. The smallest absolute Gasteiger partial charge is 0.237 e. The van der Waals surface area contributed by atoms with Crippen LogP contribution in [-0.2, 0) is 22.6 Å². The molecular formula is C31H33N7O5. The van der Waals surface area contributed by atoms with Crippen LogP contribution in [-0.4, -0.2) is 75.8 Å². The van der Waals surface area contributed by atoms with E-state index >= 15 is 0 Å². The van der Waals surface area contributed by atoms with E-state index < -0.39 is 0 Å². The largest absolute Gasteiger partial charge is 0.497 e. The molecule has 0 radical (unpaired) electrons. The highest BCUT2D eigenvalue weighted by Crippen LogP contribution is 2.33. The quantitative estimate of drug-likeness (QED) is 0.317. The average Bonchev–Trinajstić information content (AvgIpc) is 3.73. The fourth-order valence-corrected chi connectivity index (χ4v) is 5.30. The lowest BCUT2D eigenvalue weighted by Gasteiger charge is -2.42. The molecule has 0 aliphatic carbocycles. The number of carbonyl (C=O) groups is 2. The summed E-state index contributed by atoms with van der Waals surface area (Å²) in [6.07, 6.45) is 5.52. The van der Waals surface area contributed by atoms with Crippen molar-refractivity contribution < 1.29 is 23.8 Å². The highest BCUT2D eigenvalue weighted by molar-refractivity contribution is 5.80. The van der Waals surface area contributed by atoms with Crippen molar-refractivity contribution in [1.29, 1.82) is 0 Å². The minimum absolute atomic E-state index is 0.0138. The van der Waals surface area contributed by atoms with Crippen LogP contribution in [0, 0.1) is 6.92 Å². The van der Waals surface area contributed by atoms with Crippen molar-refractivity contribution in [3.63, 3.8) is 0 Å². The van der Waals surface area contributed by atoms with Crippen LogP contribution in [0.25, 0.3) is 5.95 Å². The first-order valence-electron chi connectivity index (χ1n) is 14.1. The molecule has 2 aromatic heterocycles. The predicted octanol–water partition coefficient (Wildman–Crippen LogP) is 2.67. The molecule has 43 heavy (non-hydrogen) atoms. The predicted molar refractivity (Wildman–Crippen MR) is 157 cm³/mol. The maximum absolute atomic E-state index is 13.5. The summed E-state index contributed by atoms with van der Waals surface area (Å²) in [4.78, 5) is 44.1. The Morgan fingerprint density at radius 2 is 1.84 bits per heavy atom. The molecule has 2 amide bonds. The van der Waals surface area contributed by atoms with Gasteiger partial charge in [0.05, 0.1) is 19.6 Å². The van der Waals surface area contributed by atoms with E-state index in [-0.39, 0.29) is 37.5 Å². The summed E-state index contributed by atoms with van der Waals surface area (Å²) in [5, 5.41) is 3.03. The molecular weight excluding hydrogens is 550 g/mol. The number of hydrogen-bond acceptors (Lipinski definition) is 9. The van der Waals surface area contributed by atoms with E-state index in [1.54, 1.807) is 30.4 Å². The molecule has 1 unspecified atom stereocenters. The number of fused-ring (bicyclic) bond motifs is 1. The summed E-state index contributed by atoms with van der Waals surface area (Å²) in [7, 11) is 1.62. The van der Waals surface area contributed by atoms with Crippen LogP contribution in [0.3, 0.4) is 0 Å². The molecule has 0 saturated carbocycles. The number of nitrogens with zero attached hydrogens (tertiary/aromatic N) is 6. The number of rotatable bonds is 9. The number of aryl methyl sites for hydroxylation is 1. The first-order chi connectivity index (χ1) is 20.9. The molecule has 1 saturated heterocycles. The number of aromatic nitrogens is 4. The zero-order chi connectivity index (χ0) is 29.8. The SMILES string of the molecule is COc1ccc(CNC(=O)CC2CN(C(=O)Cc3ccc4c(c3)OCO4)CCN2c2cc(C)nc(-n3ccnc3)n2)cc1. The van der Waals surface area contributed by atoms with Gasteiger partial charge in [0.15, 0.2) is 11.5 Å². The standard InChI is InChI=1S/C31H33N7O5/c1-21-13-28(35-31(34-21)37-10-9-32-19-37)38-12-11-36(30(40)15-23-5-8-26-27(14-23)43-20-42-26)18-24(38)16-29(39)33-17-22-3-6-25(41-2)7-4-22/h3-10,13-14,19,24H,11-12,15-18,20H2,1-2H3,(H,33,39). The first-order valence-corrected chi connectivity index (χ1v) is 14.1. The van der Waals surface area contributed by atoms with Crippen LogP contribution < -0.4 is 24.4 Å². The number of nitrogens with one attached hydrogen (secondary N) is 1. The monoisotopic (exact) mass is 583 g/mol. The zero-order valence-corrected chi connectivity index (χ0v) is 24.1. The Kier molecular flexibility index (Phi) is 8.07. The molecule has 2 aliphatic heterocycles. The third-order valence-electron chi connectivity index (χ3n) is 7.56. The second kappa shape index (κ2) is 12.4. The Bertz CT molecular complexity index is 1590. The van der Waals surface area contributed by atoms with Gasteiger partial charge in [-0.2, -0.15) is 4.98 Å². The summed E-state index contributed by atoms with van der Waals surface area (Å²) in [5.74, 6) is 3.16. The van der Waals surface area contributed by atoms with Gasteiger partial charge < -0.3 is 29.3 Å². The van der Waals surface area contributed by atoms with Crippen molar-refractivity contribution in [2.75, 3.05) is 38.4 Å². The van der Waals surface area contributed by atoms with E-state index in [4.69, 9.17) is 19.2 Å². The van der Waals surface area contributed by atoms with E-state index in [0.29, 0.717) is 49.4 Å². The average molecular weight is 584 g/mol. The maximum atomic E-state index is 13.5. The van der Waals surface area contributed by atoms with E-state index in [9.17, 15) is 9.59 Å². The van der Waals surface area contributed by atoms with Crippen molar-refractivity contribution in [2.45, 2.75) is 32.4 Å². The van der Waals surface area contributed by atoms with Crippen molar-refractivity contribution in [1.82, 2.24) is 29.7 Å². The Hall–Kier alpha value is -5.13. The van der Waals surface area contributed by atoms with E-state index in [1.165, 1.54) is 0 Å². The highest BCUT2D eigenvalue weighted by Gasteiger charge is 2.32. The lowest BCUT2D eigenvalue weighted by molar-refractivity contribution is -0.132. The number of hydrogen-bond donors (Lipinski definition) is 1. The number of benzene rings is 2. The number of amides is 2. The Morgan fingerprint density at radius 1 is 1.02 bits per heavy atom. The normalized spacial score (nSPS) is 15.8. The highest BCUT2D eigenvalue weighted by atomic mass is 16.7. The second-order valence-electron chi connectivity index (χ2n) is 10.5. The zero-order valence-electron chi connectivity index (χ0n) is 24.1. The van der Waals surface area contributed by atoms with Crippen LogP contribution in [0.15, 0.2) is 67.3 Å². The Morgan fingerprint density at radius 3 is 2.63 bits per heavy atom. The van der Waals surface area contributed by atoms with Gasteiger partial charge in [0, 0.05) is 56.8 Å². The lowest BCUT2D eigenvalue weighted by atomic mass is 10.1. The van der Waals surface area contributed by atoms with Crippen LogP contribution in [0.1, 0.15) is 23.2 Å². The van der Waals surface area contributed by atoms with Gasteiger partial charge in [-0.15, -0.1) is 0 Å². The molecule has 12 heteroatoms. The third-order valence-corrected chi connectivity index (χ3v) is 7.56. The summed E-state index contributed by atoms with van der Waals surface area (Å²) < 4.78 is 17.8. The van der Waals surface area contributed by atoms with Gasteiger partial charge >= 0.3 is 0 Å². The van der Waals surface area contributed by atoms with Crippen molar-refractivity contribution in [3.8, 4) is 23.2 Å². The minimum atomic E-state index is -0.296. The summed E-state index contributed by atoms with van der Waals surface area (Å²) in [6.45, 7) is 3.87. The number of methoxy groups -OCH3 is 1. The van der Waals surface area contributed by atoms with Crippen molar-refractivity contribution in [2.24, 2.45) is 0 Å². The van der Waals surface area contributed by atoms with Gasteiger partial charge in [0.2, 0.25) is 24.6 Å². The Labute approximate surface area is 249 Å².